The molecule has 0 aliphatic carbocycles. The molecule has 0 heterocycles. The van der Waals surface area contributed by atoms with Crippen molar-refractivity contribution in [2.75, 3.05) is 5.32 Å². The number of nitrogens with zero attached hydrogens (tertiary/aromatic N) is 1. The van der Waals surface area contributed by atoms with Gasteiger partial charge in [-0.3, -0.25) is 14.9 Å². The van der Waals surface area contributed by atoms with Crippen molar-refractivity contribution >= 4 is 44.8 Å². The lowest BCUT2D eigenvalue weighted by atomic mass is 10.2. The Morgan fingerprint density at radius 3 is 2.65 bits per heavy atom. The molecule has 0 radical (unpaired) electrons. The largest absolute Gasteiger partial charge is 0.321 e. The molecular weight excluding hydrogens is 348 g/mol. The second kappa shape index (κ2) is 6.02. The molecule has 5 nitrogen and oxygen atoms in total. The SMILES string of the molecule is O=C(Nc1ccc(Cl)cc1Br)c1cccc([N+](=O)[O-])c1. The van der Waals surface area contributed by atoms with E-state index >= 15 is 0 Å². The highest BCUT2D eigenvalue weighted by molar-refractivity contribution is 9.10. The number of anilines is 1. The van der Waals surface area contributed by atoms with Gasteiger partial charge in [0.15, 0.2) is 0 Å². The number of nitro groups is 1. The van der Waals surface area contributed by atoms with Crippen LogP contribution in [-0.2, 0) is 0 Å². The van der Waals surface area contributed by atoms with Gasteiger partial charge in [0.25, 0.3) is 11.6 Å². The molecule has 0 bridgehead atoms. The second-order valence-corrected chi connectivity index (χ2v) is 5.18. The lowest BCUT2D eigenvalue weighted by Gasteiger charge is -2.07. The Kier molecular flexibility index (Phi) is 4.36. The van der Waals surface area contributed by atoms with Crippen molar-refractivity contribution in [3.8, 4) is 0 Å². The van der Waals surface area contributed by atoms with E-state index in [1.165, 1.54) is 24.3 Å². The molecule has 0 fully saturated rings. The number of carbonyl (C=O) groups excluding carboxylic acids is 1. The van der Waals surface area contributed by atoms with Crippen LogP contribution in [0.2, 0.25) is 5.02 Å². The number of nitrogens with one attached hydrogen (secondary N) is 1. The van der Waals surface area contributed by atoms with Crippen molar-refractivity contribution in [2.45, 2.75) is 0 Å². The molecule has 0 aliphatic heterocycles. The summed E-state index contributed by atoms with van der Waals surface area (Å²) in [5, 5.41) is 13.9. The third-order valence-electron chi connectivity index (χ3n) is 2.50. The van der Waals surface area contributed by atoms with Gasteiger partial charge in [-0.1, -0.05) is 17.7 Å². The third kappa shape index (κ3) is 3.34. The number of hydrogen-bond acceptors (Lipinski definition) is 3. The monoisotopic (exact) mass is 354 g/mol. The van der Waals surface area contributed by atoms with Gasteiger partial charge in [0.05, 0.1) is 10.6 Å². The van der Waals surface area contributed by atoms with Gasteiger partial charge in [-0.2, -0.15) is 0 Å². The van der Waals surface area contributed by atoms with E-state index in [0.29, 0.717) is 15.2 Å². The zero-order valence-corrected chi connectivity index (χ0v) is 12.3. The Labute approximate surface area is 127 Å². The summed E-state index contributed by atoms with van der Waals surface area (Å²) in [4.78, 5) is 22.2. The Morgan fingerprint density at radius 2 is 2.00 bits per heavy atom. The van der Waals surface area contributed by atoms with E-state index in [-0.39, 0.29) is 11.3 Å². The first-order valence-electron chi connectivity index (χ1n) is 5.48. The molecule has 0 aliphatic rings. The van der Waals surface area contributed by atoms with Crippen LogP contribution < -0.4 is 5.32 Å². The van der Waals surface area contributed by atoms with Crippen molar-refractivity contribution < 1.29 is 9.72 Å². The fourth-order valence-corrected chi connectivity index (χ4v) is 2.33. The van der Waals surface area contributed by atoms with Crippen LogP contribution in [0.1, 0.15) is 10.4 Å². The summed E-state index contributed by atoms with van der Waals surface area (Å²) < 4.78 is 0.629. The van der Waals surface area contributed by atoms with E-state index in [4.69, 9.17) is 11.6 Å². The maximum absolute atomic E-state index is 12.0. The first-order valence-corrected chi connectivity index (χ1v) is 6.65. The van der Waals surface area contributed by atoms with Crippen LogP contribution >= 0.6 is 27.5 Å². The molecule has 0 atom stereocenters. The maximum Gasteiger partial charge on any atom is 0.270 e. The Morgan fingerprint density at radius 1 is 1.25 bits per heavy atom. The summed E-state index contributed by atoms with van der Waals surface area (Å²) in [7, 11) is 0. The zero-order chi connectivity index (χ0) is 14.7. The number of amides is 1. The number of carbonyl (C=O) groups is 1. The smallest absolute Gasteiger partial charge is 0.270 e. The molecule has 20 heavy (non-hydrogen) atoms. The number of halogens is 2. The van der Waals surface area contributed by atoms with Crippen LogP contribution in [-0.4, -0.2) is 10.8 Å². The number of non-ortho nitro benzene ring substituents is 1. The highest BCUT2D eigenvalue weighted by atomic mass is 79.9. The topological polar surface area (TPSA) is 72.2 Å². The first-order chi connectivity index (χ1) is 9.47. The normalized spacial score (nSPS) is 10.1. The third-order valence-corrected chi connectivity index (χ3v) is 3.39. The lowest BCUT2D eigenvalue weighted by molar-refractivity contribution is -0.384. The van der Waals surface area contributed by atoms with Crippen molar-refractivity contribution in [1.82, 2.24) is 0 Å². The highest BCUT2D eigenvalue weighted by Gasteiger charge is 2.12. The average molecular weight is 356 g/mol. The fraction of sp³-hybridized carbons (Fsp3) is 0. The minimum Gasteiger partial charge on any atom is -0.321 e. The summed E-state index contributed by atoms with van der Waals surface area (Å²) in [6.45, 7) is 0. The number of hydrogen-bond donors (Lipinski definition) is 1. The van der Waals surface area contributed by atoms with Crippen LogP contribution in [0, 0.1) is 10.1 Å². The summed E-state index contributed by atoms with van der Waals surface area (Å²) in [5.74, 6) is -0.434. The molecule has 0 saturated heterocycles. The molecule has 2 rings (SSSR count). The van der Waals surface area contributed by atoms with E-state index in [0.717, 1.165) is 0 Å². The maximum atomic E-state index is 12.0. The van der Waals surface area contributed by atoms with Gasteiger partial charge < -0.3 is 5.32 Å². The summed E-state index contributed by atoms with van der Waals surface area (Å²) in [6.07, 6.45) is 0. The standard InChI is InChI=1S/C13H8BrClN2O3/c14-11-7-9(15)4-5-12(11)16-13(18)8-2-1-3-10(6-8)17(19)20/h1-7H,(H,16,18). The van der Waals surface area contributed by atoms with Gasteiger partial charge in [0.2, 0.25) is 0 Å². The van der Waals surface area contributed by atoms with E-state index in [2.05, 4.69) is 21.2 Å². The fourth-order valence-electron chi connectivity index (χ4n) is 1.55. The van der Waals surface area contributed by atoms with E-state index in [9.17, 15) is 14.9 Å². The molecule has 2 aromatic rings. The first kappa shape index (κ1) is 14.5. The lowest BCUT2D eigenvalue weighted by Crippen LogP contribution is -2.12. The molecule has 0 aromatic heterocycles. The minimum absolute atomic E-state index is 0.132. The predicted molar refractivity (Wildman–Crippen MR) is 80.2 cm³/mol. The molecule has 1 N–H and O–H groups in total. The Hall–Kier alpha value is -1.92. The van der Waals surface area contributed by atoms with Crippen LogP contribution in [0.5, 0.6) is 0 Å². The number of benzene rings is 2. The minimum atomic E-state index is -0.547. The molecule has 0 unspecified atom stereocenters. The predicted octanol–water partition coefficient (Wildman–Crippen LogP) is 4.26. The molecular formula is C13H8BrClN2O3. The van der Waals surface area contributed by atoms with Gasteiger partial charge in [-0.15, -0.1) is 0 Å². The van der Waals surface area contributed by atoms with E-state index in [1.807, 2.05) is 0 Å². The molecule has 7 heteroatoms. The number of nitro benzene ring substituents is 1. The van der Waals surface area contributed by atoms with Crippen molar-refractivity contribution in [2.24, 2.45) is 0 Å². The average Bonchev–Trinajstić information content (AvgIpc) is 2.42. The summed E-state index contributed by atoms with van der Waals surface area (Å²) in [5.41, 5.74) is 0.611. The number of rotatable bonds is 3. The van der Waals surface area contributed by atoms with Gasteiger partial charge in [-0.25, -0.2) is 0 Å². The van der Waals surface area contributed by atoms with Gasteiger partial charge >= 0.3 is 0 Å². The van der Waals surface area contributed by atoms with Crippen LogP contribution in [0.3, 0.4) is 0 Å². The summed E-state index contributed by atoms with van der Waals surface area (Å²) in [6, 6.07) is 10.4. The summed E-state index contributed by atoms with van der Waals surface area (Å²) >= 11 is 9.09. The van der Waals surface area contributed by atoms with Crippen molar-refractivity contribution in [1.29, 1.82) is 0 Å². The molecule has 0 saturated carbocycles. The van der Waals surface area contributed by atoms with Gasteiger partial charge in [0, 0.05) is 27.2 Å². The highest BCUT2D eigenvalue weighted by Crippen LogP contribution is 2.26. The van der Waals surface area contributed by atoms with E-state index < -0.39 is 10.8 Å². The van der Waals surface area contributed by atoms with E-state index in [1.54, 1.807) is 18.2 Å². The van der Waals surface area contributed by atoms with Crippen molar-refractivity contribution in [3.63, 3.8) is 0 Å². The molecule has 0 spiro atoms. The molecule has 1 amide bonds. The quantitative estimate of drug-likeness (QED) is 0.660. The van der Waals surface area contributed by atoms with Crippen LogP contribution in [0.4, 0.5) is 11.4 Å². The zero-order valence-electron chi connectivity index (χ0n) is 9.97. The van der Waals surface area contributed by atoms with Gasteiger partial charge in [-0.05, 0) is 40.2 Å². The Bertz CT molecular complexity index is 691. The van der Waals surface area contributed by atoms with Crippen LogP contribution in [0.15, 0.2) is 46.9 Å². The van der Waals surface area contributed by atoms with Crippen LogP contribution in [0.25, 0.3) is 0 Å². The van der Waals surface area contributed by atoms with Gasteiger partial charge in [0.1, 0.15) is 0 Å². The molecule has 2 aromatic carbocycles. The second-order valence-electron chi connectivity index (χ2n) is 3.89. The Balaban J connectivity index is 2.24. The molecule has 102 valence electrons. The van der Waals surface area contributed by atoms with Crippen molar-refractivity contribution in [3.05, 3.63) is 67.6 Å².